The van der Waals surface area contributed by atoms with Gasteiger partial charge in [-0.15, -0.1) is 11.3 Å². The molecule has 0 radical (unpaired) electrons. The van der Waals surface area contributed by atoms with Gasteiger partial charge in [0.2, 0.25) is 17.7 Å². The van der Waals surface area contributed by atoms with E-state index < -0.39 is 35.4 Å². The average Bonchev–Trinajstić information content (AvgIpc) is 3.58. The number of hydrogen-bond acceptors (Lipinski definition) is 10. The second-order valence-corrected chi connectivity index (χ2v) is 12.3. The molecule has 1 aromatic carbocycles. The highest BCUT2D eigenvalue weighted by atomic mass is 32.1. The molecule has 3 amide bonds. The van der Waals surface area contributed by atoms with Gasteiger partial charge in [-0.2, -0.15) is 0 Å². The number of aliphatic hydroxyl groups excluding tert-OH is 2. The summed E-state index contributed by atoms with van der Waals surface area (Å²) >= 11 is 1.57. The maximum absolute atomic E-state index is 13.7. The maximum Gasteiger partial charge on any atom is 0.246 e. The van der Waals surface area contributed by atoms with Crippen LogP contribution in [0.3, 0.4) is 0 Å². The third-order valence-corrected chi connectivity index (χ3v) is 7.90. The number of amides is 3. The minimum Gasteiger partial charge on any atom is -0.394 e. The van der Waals surface area contributed by atoms with Crippen molar-refractivity contribution in [1.82, 2.24) is 20.5 Å². The molecule has 3 rings (SSSR count). The summed E-state index contributed by atoms with van der Waals surface area (Å²) in [6.45, 7) is 8.75. The van der Waals surface area contributed by atoms with Crippen LogP contribution >= 0.6 is 11.3 Å². The number of nitrogens with zero attached hydrogens (tertiary/aromatic N) is 2. The number of thiazole rings is 1. The number of benzene rings is 1. The van der Waals surface area contributed by atoms with E-state index in [4.69, 9.17) is 19.3 Å². The van der Waals surface area contributed by atoms with Crippen molar-refractivity contribution in [3.8, 4) is 10.4 Å². The van der Waals surface area contributed by atoms with Gasteiger partial charge in [-0.05, 0) is 23.5 Å². The van der Waals surface area contributed by atoms with Gasteiger partial charge in [0.25, 0.3) is 0 Å². The van der Waals surface area contributed by atoms with Gasteiger partial charge in [-0.25, -0.2) is 4.98 Å². The van der Waals surface area contributed by atoms with Gasteiger partial charge in [-0.1, -0.05) is 45.0 Å². The van der Waals surface area contributed by atoms with Crippen LogP contribution < -0.4 is 10.6 Å². The van der Waals surface area contributed by atoms with Crippen LogP contribution in [0.25, 0.3) is 10.4 Å². The summed E-state index contributed by atoms with van der Waals surface area (Å²) < 4.78 is 15.8. The molecule has 0 bridgehead atoms. The van der Waals surface area contributed by atoms with Crippen LogP contribution in [-0.2, 0) is 35.1 Å². The van der Waals surface area contributed by atoms with Gasteiger partial charge in [0.1, 0.15) is 18.7 Å². The molecule has 0 spiro atoms. The fraction of sp³-hybridized carbons (Fsp3) is 0.600. The van der Waals surface area contributed by atoms with Crippen LogP contribution in [-0.4, -0.2) is 109 Å². The van der Waals surface area contributed by atoms with E-state index in [1.807, 2.05) is 57.5 Å². The third-order valence-electron chi connectivity index (χ3n) is 6.92. The molecule has 238 valence electrons. The first-order valence-corrected chi connectivity index (χ1v) is 15.3. The van der Waals surface area contributed by atoms with Crippen molar-refractivity contribution in [3.63, 3.8) is 0 Å². The molecule has 3 atom stereocenters. The Labute approximate surface area is 256 Å². The second kappa shape index (κ2) is 16.8. The number of carbonyl (C=O) groups excluding carboxylic acids is 3. The molecule has 1 aliphatic heterocycles. The normalized spacial score (nSPS) is 17.6. The van der Waals surface area contributed by atoms with E-state index in [1.54, 1.807) is 11.3 Å². The van der Waals surface area contributed by atoms with Gasteiger partial charge in [0.05, 0.1) is 61.8 Å². The SMILES string of the molecule is Cc1ncsc1-c1ccc(CNC(=O)C2CC(O)CN2C(=O)C(NC(=O)COCCOCCOCCO)C(C)(C)C)cc1. The number of carbonyl (C=O) groups is 3. The van der Waals surface area contributed by atoms with Crippen LogP contribution in [0.5, 0.6) is 0 Å². The summed E-state index contributed by atoms with van der Waals surface area (Å²) in [6, 6.07) is 6.05. The number of aliphatic hydroxyl groups is 2. The number of hydrogen-bond donors (Lipinski definition) is 4. The van der Waals surface area contributed by atoms with Gasteiger partial charge in [0.15, 0.2) is 0 Å². The largest absolute Gasteiger partial charge is 0.394 e. The number of β-amino-alcohol motifs (C(OH)–C–C–N with tert-alkyl or cyclic N) is 1. The van der Waals surface area contributed by atoms with E-state index in [0.717, 1.165) is 21.7 Å². The molecule has 4 N–H and O–H groups in total. The lowest BCUT2D eigenvalue weighted by atomic mass is 9.85. The Balaban J connectivity index is 1.52. The van der Waals surface area contributed by atoms with Gasteiger partial charge >= 0.3 is 0 Å². The molecular formula is C30H44N4O8S. The predicted octanol–water partition coefficient (Wildman–Crippen LogP) is 1.27. The molecule has 0 saturated carbocycles. The zero-order valence-corrected chi connectivity index (χ0v) is 26.2. The Kier molecular flexibility index (Phi) is 13.5. The molecule has 12 nitrogen and oxygen atoms in total. The van der Waals surface area contributed by atoms with Gasteiger partial charge in [0, 0.05) is 19.5 Å². The summed E-state index contributed by atoms with van der Waals surface area (Å²) in [5.41, 5.74) is 4.06. The van der Waals surface area contributed by atoms with Crippen molar-refractivity contribution in [3.05, 3.63) is 41.0 Å². The maximum atomic E-state index is 13.7. The first-order chi connectivity index (χ1) is 20.5. The van der Waals surface area contributed by atoms with Crippen LogP contribution in [0.4, 0.5) is 0 Å². The first kappa shape index (κ1) is 34.5. The van der Waals surface area contributed by atoms with Gasteiger partial charge < -0.3 is 40.0 Å². The van der Waals surface area contributed by atoms with Crippen LogP contribution in [0, 0.1) is 12.3 Å². The van der Waals surface area contributed by atoms with E-state index in [2.05, 4.69) is 15.6 Å². The molecular weight excluding hydrogens is 576 g/mol. The lowest BCUT2D eigenvalue weighted by molar-refractivity contribution is -0.144. The van der Waals surface area contributed by atoms with E-state index in [9.17, 15) is 19.5 Å². The molecule has 2 heterocycles. The summed E-state index contributed by atoms with van der Waals surface area (Å²) in [5.74, 6) is -1.28. The molecule has 1 saturated heterocycles. The standard InChI is InChI=1S/C30H44N4O8S/c1-20-26(43-19-32-20)22-7-5-21(6-8-22)16-31-28(38)24-15-23(36)17-34(24)29(39)27(30(2,3)4)33-25(37)18-42-14-13-41-12-11-40-10-9-35/h5-8,19,23-24,27,35-36H,9-18H2,1-4H3,(H,31,38)(H,33,37). The van der Waals surface area contributed by atoms with E-state index in [0.29, 0.717) is 13.2 Å². The Morgan fingerprint density at radius 1 is 1.07 bits per heavy atom. The summed E-state index contributed by atoms with van der Waals surface area (Å²) in [4.78, 5) is 46.3. The van der Waals surface area contributed by atoms with Gasteiger partial charge in [-0.3, -0.25) is 14.4 Å². The van der Waals surface area contributed by atoms with Crippen LogP contribution in [0.1, 0.15) is 38.4 Å². The lowest BCUT2D eigenvalue weighted by Crippen LogP contribution is -2.58. The Hall–Kier alpha value is -2.94. The molecule has 13 heteroatoms. The molecule has 1 fully saturated rings. The Morgan fingerprint density at radius 3 is 2.33 bits per heavy atom. The number of ether oxygens (including phenoxy) is 3. The topological polar surface area (TPSA) is 160 Å². The number of rotatable bonds is 16. The third kappa shape index (κ3) is 10.6. The van der Waals surface area contributed by atoms with Crippen molar-refractivity contribution in [2.75, 3.05) is 52.8 Å². The first-order valence-electron chi connectivity index (χ1n) is 14.4. The molecule has 3 unspecified atom stereocenters. The molecule has 1 aromatic heterocycles. The fourth-order valence-electron chi connectivity index (χ4n) is 4.65. The Bertz CT molecular complexity index is 1180. The molecule has 0 aliphatic carbocycles. The number of nitrogens with one attached hydrogen (secondary N) is 2. The van der Waals surface area contributed by atoms with Crippen molar-refractivity contribution in [1.29, 1.82) is 0 Å². The fourth-order valence-corrected chi connectivity index (χ4v) is 5.46. The molecule has 43 heavy (non-hydrogen) atoms. The zero-order chi connectivity index (χ0) is 31.4. The smallest absolute Gasteiger partial charge is 0.246 e. The molecule has 1 aliphatic rings. The highest BCUT2D eigenvalue weighted by Gasteiger charge is 2.44. The number of aromatic nitrogens is 1. The zero-order valence-electron chi connectivity index (χ0n) is 25.3. The van der Waals surface area contributed by atoms with Crippen LogP contribution in [0.2, 0.25) is 0 Å². The van der Waals surface area contributed by atoms with Crippen molar-refractivity contribution in [2.24, 2.45) is 5.41 Å². The van der Waals surface area contributed by atoms with Crippen molar-refractivity contribution < 1.29 is 38.8 Å². The highest BCUT2D eigenvalue weighted by Crippen LogP contribution is 2.28. The highest BCUT2D eigenvalue weighted by molar-refractivity contribution is 7.13. The number of likely N-dealkylation sites (tertiary alicyclic amines) is 1. The number of aryl methyl sites for hydroxylation is 1. The lowest BCUT2D eigenvalue weighted by Gasteiger charge is -2.35. The summed E-state index contributed by atoms with van der Waals surface area (Å²) in [6.07, 6.45) is -0.740. The summed E-state index contributed by atoms with van der Waals surface area (Å²) in [5, 5.41) is 24.7. The monoisotopic (exact) mass is 620 g/mol. The molecule has 2 aromatic rings. The predicted molar refractivity (Wildman–Crippen MR) is 161 cm³/mol. The minimum absolute atomic E-state index is 0.00186. The minimum atomic E-state index is -0.938. The van der Waals surface area contributed by atoms with E-state index in [-0.39, 0.29) is 58.5 Å². The van der Waals surface area contributed by atoms with Crippen LogP contribution in [0.15, 0.2) is 29.8 Å². The Morgan fingerprint density at radius 2 is 1.72 bits per heavy atom. The second-order valence-electron chi connectivity index (χ2n) is 11.4. The van der Waals surface area contributed by atoms with Crippen molar-refractivity contribution in [2.45, 2.75) is 58.8 Å². The van der Waals surface area contributed by atoms with E-state index >= 15 is 0 Å². The van der Waals surface area contributed by atoms with E-state index in [1.165, 1.54) is 4.90 Å². The average molecular weight is 621 g/mol. The summed E-state index contributed by atoms with van der Waals surface area (Å²) in [7, 11) is 0. The van der Waals surface area contributed by atoms with Crippen molar-refractivity contribution >= 4 is 29.1 Å². The quantitative estimate of drug-likeness (QED) is 0.203.